The molecule has 1 aliphatic carbocycles. The van der Waals surface area contributed by atoms with Crippen LogP contribution < -0.4 is 4.74 Å². The number of ether oxygens (including phenoxy) is 1. The van der Waals surface area contributed by atoms with E-state index in [0.717, 1.165) is 40.6 Å². The van der Waals surface area contributed by atoms with Gasteiger partial charge in [0.05, 0.1) is 13.7 Å². The molecule has 2 aromatic rings. The molecule has 0 amide bonds. The normalized spacial score (nSPS) is 34.2. The van der Waals surface area contributed by atoms with Crippen molar-refractivity contribution in [2.75, 3.05) is 20.2 Å². The number of hydrogen-bond donors (Lipinski definition) is 1. The lowest BCUT2D eigenvalue weighted by molar-refractivity contribution is -0.0112. The summed E-state index contributed by atoms with van der Waals surface area (Å²) in [6, 6.07) is 6.56. The Morgan fingerprint density at radius 2 is 2.21 bits per heavy atom. The monoisotopic (exact) mass is 324 g/mol. The van der Waals surface area contributed by atoms with Gasteiger partial charge in [0.2, 0.25) is 0 Å². The number of piperidine rings is 2. The van der Waals surface area contributed by atoms with Crippen LogP contribution >= 0.6 is 0 Å². The number of nitrogens with one attached hydrogen (secondary N) is 1. The van der Waals surface area contributed by atoms with Crippen molar-refractivity contribution in [3.8, 4) is 5.75 Å². The third kappa shape index (κ3) is 1.86. The van der Waals surface area contributed by atoms with Gasteiger partial charge < -0.3 is 9.72 Å². The lowest BCUT2D eigenvalue weighted by atomic mass is 9.65. The van der Waals surface area contributed by atoms with Crippen molar-refractivity contribution in [3.05, 3.63) is 29.5 Å². The number of ketones is 1. The second-order valence-corrected chi connectivity index (χ2v) is 7.78. The van der Waals surface area contributed by atoms with E-state index < -0.39 is 0 Å². The number of fused-ring (bicyclic) bond motifs is 4. The smallest absolute Gasteiger partial charge is 0.179 e. The molecule has 5 atom stereocenters. The molecule has 6 rings (SSSR count). The Morgan fingerprint density at radius 3 is 3.00 bits per heavy atom. The van der Waals surface area contributed by atoms with Crippen LogP contribution in [0, 0.1) is 11.8 Å². The number of nitrogens with zero attached hydrogens (tertiary/aromatic N) is 1. The fraction of sp³-hybridized carbons (Fsp3) is 0.550. The highest BCUT2D eigenvalue weighted by molar-refractivity contribution is 6.11. The van der Waals surface area contributed by atoms with E-state index in [1.807, 2.05) is 18.2 Å². The third-order valence-corrected chi connectivity index (χ3v) is 6.59. The molecule has 4 nitrogen and oxygen atoms in total. The highest BCUT2D eigenvalue weighted by Crippen LogP contribution is 2.51. The maximum absolute atomic E-state index is 13.1. The average molecular weight is 324 g/mol. The minimum Gasteiger partial charge on any atom is -0.497 e. The molecule has 0 radical (unpaired) electrons. The van der Waals surface area contributed by atoms with Gasteiger partial charge >= 0.3 is 0 Å². The first kappa shape index (κ1) is 14.5. The molecule has 1 unspecified atom stereocenters. The second kappa shape index (κ2) is 5.09. The zero-order valence-corrected chi connectivity index (χ0v) is 14.3. The van der Waals surface area contributed by atoms with E-state index in [0.29, 0.717) is 18.5 Å². The fourth-order valence-corrected chi connectivity index (χ4v) is 5.67. The van der Waals surface area contributed by atoms with Crippen LogP contribution in [0.4, 0.5) is 0 Å². The van der Waals surface area contributed by atoms with Gasteiger partial charge in [-0.15, -0.1) is 0 Å². The average Bonchev–Trinajstić information content (AvgIpc) is 2.96. The van der Waals surface area contributed by atoms with Crippen LogP contribution in [0.1, 0.15) is 48.2 Å². The van der Waals surface area contributed by atoms with Gasteiger partial charge in [-0.25, -0.2) is 0 Å². The SMILES string of the molecule is CC[C@H]1C[C@@H]2C[C@H]3c4[nH]c5ccc(OC)cc5c4C(=O)CN(C2)[C@@H]13. The predicted octanol–water partition coefficient (Wildman–Crippen LogP) is 3.58. The van der Waals surface area contributed by atoms with Crippen LogP contribution in [-0.2, 0) is 0 Å². The van der Waals surface area contributed by atoms with Crippen molar-refractivity contribution < 1.29 is 9.53 Å². The first-order valence-electron chi connectivity index (χ1n) is 9.16. The molecule has 24 heavy (non-hydrogen) atoms. The molecule has 4 heterocycles. The number of aromatic amines is 1. The number of H-pyrrole nitrogens is 1. The molecule has 1 aromatic heterocycles. The molecule has 3 fully saturated rings. The van der Waals surface area contributed by atoms with Gasteiger partial charge in [-0.3, -0.25) is 9.69 Å². The van der Waals surface area contributed by atoms with E-state index in [1.165, 1.54) is 25.0 Å². The number of benzene rings is 1. The summed E-state index contributed by atoms with van der Waals surface area (Å²) in [7, 11) is 1.68. The number of carbonyl (C=O) groups excluding carboxylic acids is 1. The highest BCUT2D eigenvalue weighted by Gasteiger charge is 2.50. The molecule has 1 saturated carbocycles. The van der Waals surface area contributed by atoms with Crippen LogP contribution in [-0.4, -0.2) is 41.9 Å². The standard InChI is InChI=1S/C20H24N2O2/c1-3-12-6-11-7-15-19-18(17(23)10-22(9-11)20(12)15)14-8-13(24-2)4-5-16(14)21-19/h4-5,8,11-12,15,20-21H,3,6-7,9-10H2,1-2H3/t11-,12+,15+,20+/m1/s1. The molecule has 3 aliphatic heterocycles. The molecule has 2 saturated heterocycles. The number of hydrogen-bond acceptors (Lipinski definition) is 3. The Bertz CT molecular complexity index is 824. The molecule has 4 aliphatic rings. The Hall–Kier alpha value is -1.81. The van der Waals surface area contributed by atoms with Crippen LogP contribution in [0.15, 0.2) is 18.2 Å². The first-order valence-corrected chi connectivity index (χ1v) is 9.16. The van der Waals surface area contributed by atoms with E-state index in [4.69, 9.17) is 4.74 Å². The van der Waals surface area contributed by atoms with Crippen LogP contribution in [0.2, 0.25) is 0 Å². The predicted molar refractivity (Wildman–Crippen MR) is 93.8 cm³/mol. The van der Waals surface area contributed by atoms with E-state index in [1.54, 1.807) is 7.11 Å². The Morgan fingerprint density at radius 1 is 1.33 bits per heavy atom. The van der Waals surface area contributed by atoms with Gasteiger partial charge in [0.1, 0.15) is 5.75 Å². The maximum atomic E-state index is 13.1. The van der Waals surface area contributed by atoms with Crippen molar-refractivity contribution in [1.82, 2.24) is 9.88 Å². The highest BCUT2D eigenvalue weighted by atomic mass is 16.5. The lowest BCUT2D eigenvalue weighted by Crippen LogP contribution is -2.56. The molecule has 1 aromatic carbocycles. The molecule has 0 spiro atoms. The minimum atomic E-state index is 0.273. The van der Waals surface area contributed by atoms with E-state index in [2.05, 4.69) is 16.8 Å². The third-order valence-electron chi connectivity index (χ3n) is 6.59. The fourth-order valence-electron chi connectivity index (χ4n) is 5.67. The molecule has 4 bridgehead atoms. The van der Waals surface area contributed by atoms with Crippen molar-refractivity contribution in [2.45, 2.75) is 38.1 Å². The number of aromatic nitrogens is 1. The van der Waals surface area contributed by atoms with E-state index >= 15 is 0 Å². The second-order valence-electron chi connectivity index (χ2n) is 7.78. The quantitative estimate of drug-likeness (QED) is 0.918. The molecule has 126 valence electrons. The van der Waals surface area contributed by atoms with Crippen molar-refractivity contribution in [1.29, 1.82) is 0 Å². The van der Waals surface area contributed by atoms with E-state index in [9.17, 15) is 4.79 Å². The van der Waals surface area contributed by atoms with Crippen LogP contribution in [0.5, 0.6) is 5.75 Å². The Balaban J connectivity index is 1.72. The number of methoxy groups -OCH3 is 1. The Kier molecular flexibility index (Phi) is 3.08. The summed E-state index contributed by atoms with van der Waals surface area (Å²) in [5, 5.41) is 1.03. The van der Waals surface area contributed by atoms with Gasteiger partial charge in [0, 0.05) is 40.7 Å². The van der Waals surface area contributed by atoms with Gasteiger partial charge in [-0.1, -0.05) is 13.3 Å². The van der Waals surface area contributed by atoms with Crippen molar-refractivity contribution in [2.24, 2.45) is 11.8 Å². The van der Waals surface area contributed by atoms with Gasteiger partial charge in [-0.05, 0) is 42.9 Å². The summed E-state index contributed by atoms with van der Waals surface area (Å²) in [4.78, 5) is 19.2. The zero-order valence-electron chi connectivity index (χ0n) is 14.3. The summed E-state index contributed by atoms with van der Waals surface area (Å²) < 4.78 is 5.38. The molecule has 1 N–H and O–H groups in total. The minimum absolute atomic E-state index is 0.273. The molecule has 4 heteroatoms. The maximum Gasteiger partial charge on any atom is 0.179 e. The topological polar surface area (TPSA) is 45.3 Å². The number of rotatable bonds is 2. The number of Topliss-reactive ketones (excluding diaryl/α,β-unsaturated/α-hetero) is 1. The number of carbonyl (C=O) groups is 1. The van der Waals surface area contributed by atoms with Crippen molar-refractivity contribution >= 4 is 16.7 Å². The Labute approximate surface area is 142 Å². The van der Waals surface area contributed by atoms with Gasteiger partial charge in [-0.2, -0.15) is 0 Å². The summed E-state index contributed by atoms with van der Waals surface area (Å²) in [6.07, 6.45) is 3.78. The molecular weight excluding hydrogens is 300 g/mol. The lowest BCUT2D eigenvalue weighted by Gasteiger charge is -2.53. The summed E-state index contributed by atoms with van der Waals surface area (Å²) in [5.41, 5.74) is 3.19. The van der Waals surface area contributed by atoms with Crippen LogP contribution in [0.3, 0.4) is 0 Å². The van der Waals surface area contributed by atoms with Crippen molar-refractivity contribution in [3.63, 3.8) is 0 Å². The van der Waals surface area contributed by atoms with Gasteiger partial charge in [0.15, 0.2) is 5.78 Å². The van der Waals surface area contributed by atoms with E-state index in [-0.39, 0.29) is 5.78 Å². The summed E-state index contributed by atoms with van der Waals surface area (Å²) in [6.45, 7) is 3.98. The summed E-state index contributed by atoms with van der Waals surface area (Å²) >= 11 is 0. The van der Waals surface area contributed by atoms with Crippen LogP contribution in [0.25, 0.3) is 10.9 Å². The largest absolute Gasteiger partial charge is 0.497 e. The van der Waals surface area contributed by atoms with Gasteiger partial charge in [0.25, 0.3) is 0 Å². The first-order chi connectivity index (χ1) is 11.7. The zero-order chi connectivity index (χ0) is 16.4. The molecular formula is C20H24N2O2. The summed E-state index contributed by atoms with van der Waals surface area (Å²) in [5.74, 6) is 3.03.